The molecule has 0 fully saturated rings. The molecule has 1 N–H and O–H groups in total. The van der Waals surface area contributed by atoms with Crippen molar-refractivity contribution in [1.29, 1.82) is 0 Å². The normalized spacial score (nSPS) is 11.3. The summed E-state index contributed by atoms with van der Waals surface area (Å²) in [6, 6.07) is 12.1. The van der Waals surface area contributed by atoms with Crippen LogP contribution in [0.4, 0.5) is 0 Å². The lowest BCUT2D eigenvalue weighted by atomic mass is 10.1. The number of benzene rings is 1. The Kier molecular flexibility index (Phi) is 4.14. The van der Waals surface area contributed by atoms with Gasteiger partial charge in [0.05, 0.1) is 10.0 Å². The Morgan fingerprint density at radius 2 is 2.05 bits per heavy atom. The van der Waals surface area contributed by atoms with Crippen LogP contribution in [-0.2, 0) is 0 Å². The van der Waals surface area contributed by atoms with Crippen molar-refractivity contribution in [1.82, 2.24) is 14.9 Å². The number of nitrogens with zero attached hydrogens (tertiary/aromatic N) is 3. The van der Waals surface area contributed by atoms with Gasteiger partial charge in [-0.15, -0.1) is 11.3 Å². The third kappa shape index (κ3) is 3.20. The maximum Gasteiger partial charge on any atom is 0.216 e. The average Bonchev–Trinajstić information content (AvgIpc) is 3.04. The van der Waals surface area contributed by atoms with E-state index < -0.39 is 0 Å². The number of hydrogen-bond acceptors (Lipinski definition) is 4. The van der Waals surface area contributed by atoms with Crippen LogP contribution >= 0.6 is 39.5 Å². The van der Waals surface area contributed by atoms with E-state index in [4.69, 9.17) is 12.2 Å². The van der Waals surface area contributed by atoms with Crippen LogP contribution in [0.15, 0.2) is 45.3 Å². The number of H-pyrrole nitrogens is 1. The second-order valence-corrected chi connectivity index (χ2v) is 7.30. The Labute approximate surface area is 139 Å². The first-order chi connectivity index (χ1) is 10.1. The van der Waals surface area contributed by atoms with Crippen LogP contribution in [0.2, 0.25) is 0 Å². The summed E-state index contributed by atoms with van der Waals surface area (Å²) < 4.78 is 3.17. The number of aryl methyl sites for hydroxylation is 1. The Balaban J connectivity index is 1.99. The molecule has 4 nitrogen and oxygen atoms in total. The smallest absolute Gasteiger partial charge is 0.216 e. The molecule has 0 aliphatic carbocycles. The molecule has 2 aromatic heterocycles. The summed E-state index contributed by atoms with van der Waals surface area (Å²) in [7, 11) is 0. The van der Waals surface area contributed by atoms with Crippen molar-refractivity contribution in [2.45, 2.75) is 6.92 Å². The van der Waals surface area contributed by atoms with Gasteiger partial charge < -0.3 is 0 Å². The van der Waals surface area contributed by atoms with Crippen molar-refractivity contribution in [3.63, 3.8) is 0 Å². The van der Waals surface area contributed by atoms with Crippen LogP contribution in [-0.4, -0.2) is 21.1 Å². The second-order valence-electron chi connectivity index (χ2n) is 4.42. The third-order valence-corrected chi connectivity index (χ3v) is 4.68. The van der Waals surface area contributed by atoms with E-state index in [9.17, 15) is 0 Å². The molecule has 0 spiro atoms. The SMILES string of the molecule is Cc1ccc(-c2n[nH]c(=S)n2N=Cc2ccc(Br)s2)cc1. The van der Waals surface area contributed by atoms with Crippen LogP contribution in [0.5, 0.6) is 0 Å². The quantitative estimate of drug-likeness (QED) is 0.533. The van der Waals surface area contributed by atoms with Gasteiger partial charge in [0.2, 0.25) is 4.77 Å². The summed E-state index contributed by atoms with van der Waals surface area (Å²) in [5, 5.41) is 11.5. The maximum atomic E-state index is 5.24. The largest absolute Gasteiger partial charge is 0.250 e. The minimum atomic E-state index is 0.470. The number of nitrogens with one attached hydrogen (secondary N) is 1. The topological polar surface area (TPSA) is 46.0 Å². The number of rotatable bonds is 3. The molecule has 0 radical (unpaired) electrons. The van der Waals surface area contributed by atoms with E-state index >= 15 is 0 Å². The molecule has 0 bridgehead atoms. The Hall–Kier alpha value is -1.57. The lowest BCUT2D eigenvalue weighted by Gasteiger charge is -2.01. The van der Waals surface area contributed by atoms with Crippen molar-refractivity contribution >= 4 is 45.7 Å². The number of hydrogen-bond donors (Lipinski definition) is 1. The number of halogens is 1. The lowest BCUT2D eigenvalue weighted by molar-refractivity contribution is 0.872. The summed E-state index contributed by atoms with van der Waals surface area (Å²) in [5.41, 5.74) is 2.17. The molecular formula is C14H11BrN4S2. The minimum Gasteiger partial charge on any atom is -0.250 e. The summed E-state index contributed by atoms with van der Waals surface area (Å²) in [6.07, 6.45) is 1.78. The van der Waals surface area contributed by atoms with Gasteiger partial charge in [0.25, 0.3) is 0 Å². The molecule has 0 saturated heterocycles. The van der Waals surface area contributed by atoms with E-state index in [-0.39, 0.29) is 0 Å². The zero-order chi connectivity index (χ0) is 14.8. The zero-order valence-electron chi connectivity index (χ0n) is 11.1. The van der Waals surface area contributed by atoms with Crippen molar-refractivity contribution < 1.29 is 0 Å². The fourth-order valence-electron chi connectivity index (χ4n) is 1.80. The number of thiophene rings is 1. The second kappa shape index (κ2) is 6.05. The van der Waals surface area contributed by atoms with Crippen molar-refractivity contribution in [2.75, 3.05) is 0 Å². The van der Waals surface area contributed by atoms with Crippen LogP contribution < -0.4 is 0 Å². The van der Waals surface area contributed by atoms with E-state index in [1.807, 2.05) is 43.3 Å². The molecular weight excluding hydrogens is 368 g/mol. The summed E-state index contributed by atoms with van der Waals surface area (Å²) in [5.74, 6) is 0.701. The standard InChI is InChI=1S/C14H11BrN4S2/c1-9-2-4-10(5-3-9)13-17-18-14(20)19(13)16-8-11-6-7-12(15)21-11/h2-8H,1H3,(H,18,20). The molecule has 0 aliphatic heterocycles. The Bertz CT molecular complexity index is 842. The highest BCUT2D eigenvalue weighted by Gasteiger charge is 2.07. The van der Waals surface area contributed by atoms with Gasteiger partial charge in [0.15, 0.2) is 5.82 Å². The first-order valence-corrected chi connectivity index (χ1v) is 8.19. The molecule has 2 heterocycles. The summed E-state index contributed by atoms with van der Waals surface area (Å²) in [4.78, 5) is 1.04. The summed E-state index contributed by atoms with van der Waals surface area (Å²) >= 11 is 10.3. The molecule has 7 heteroatoms. The maximum absolute atomic E-state index is 5.24. The number of aromatic nitrogens is 3. The molecule has 3 rings (SSSR count). The van der Waals surface area contributed by atoms with E-state index in [1.54, 1.807) is 22.2 Å². The average molecular weight is 379 g/mol. The van der Waals surface area contributed by atoms with Gasteiger partial charge in [-0.2, -0.15) is 14.9 Å². The van der Waals surface area contributed by atoms with Gasteiger partial charge in [-0.25, -0.2) is 5.10 Å². The predicted molar refractivity (Wildman–Crippen MR) is 92.6 cm³/mol. The van der Waals surface area contributed by atoms with E-state index in [0.717, 1.165) is 14.2 Å². The molecule has 0 aliphatic rings. The van der Waals surface area contributed by atoms with Crippen molar-refractivity contribution in [2.24, 2.45) is 5.10 Å². The first kappa shape index (κ1) is 14.4. The number of aromatic amines is 1. The lowest BCUT2D eigenvalue weighted by Crippen LogP contribution is -1.94. The van der Waals surface area contributed by atoms with Crippen molar-refractivity contribution in [3.8, 4) is 11.4 Å². The molecule has 106 valence electrons. The first-order valence-electron chi connectivity index (χ1n) is 6.17. The Morgan fingerprint density at radius 1 is 1.29 bits per heavy atom. The molecule has 0 atom stereocenters. The molecule has 1 aromatic carbocycles. The fraction of sp³-hybridized carbons (Fsp3) is 0.0714. The highest BCUT2D eigenvalue weighted by Crippen LogP contribution is 2.21. The van der Waals surface area contributed by atoms with Gasteiger partial charge in [-0.1, -0.05) is 29.8 Å². The molecule has 21 heavy (non-hydrogen) atoms. The van der Waals surface area contributed by atoms with Gasteiger partial charge in [0.1, 0.15) is 0 Å². The van der Waals surface area contributed by atoms with Gasteiger partial charge in [-0.05, 0) is 47.2 Å². The molecule has 3 aromatic rings. The van der Waals surface area contributed by atoms with Gasteiger partial charge in [-0.3, -0.25) is 0 Å². The predicted octanol–water partition coefficient (Wildman–Crippen LogP) is 4.62. The zero-order valence-corrected chi connectivity index (χ0v) is 14.3. The van der Waals surface area contributed by atoms with Crippen LogP contribution in [0.1, 0.15) is 10.4 Å². The van der Waals surface area contributed by atoms with E-state index in [0.29, 0.717) is 10.6 Å². The summed E-state index contributed by atoms with van der Waals surface area (Å²) in [6.45, 7) is 2.05. The molecule has 0 unspecified atom stereocenters. The van der Waals surface area contributed by atoms with Gasteiger partial charge in [0, 0.05) is 10.4 Å². The monoisotopic (exact) mass is 378 g/mol. The minimum absolute atomic E-state index is 0.470. The molecule has 0 saturated carbocycles. The Morgan fingerprint density at radius 3 is 2.71 bits per heavy atom. The molecule has 0 amide bonds. The third-order valence-electron chi connectivity index (χ3n) is 2.85. The van der Waals surface area contributed by atoms with Gasteiger partial charge >= 0.3 is 0 Å². The highest BCUT2D eigenvalue weighted by molar-refractivity contribution is 9.11. The van der Waals surface area contributed by atoms with E-state index in [1.165, 1.54) is 5.56 Å². The van der Waals surface area contributed by atoms with Crippen LogP contribution in [0.3, 0.4) is 0 Å². The highest BCUT2D eigenvalue weighted by atomic mass is 79.9. The fourth-order valence-corrected chi connectivity index (χ4v) is 3.27. The van der Waals surface area contributed by atoms with E-state index in [2.05, 4.69) is 31.2 Å². The van der Waals surface area contributed by atoms with Crippen molar-refractivity contribution in [3.05, 3.63) is 55.4 Å². The van der Waals surface area contributed by atoms with Crippen LogP contribution in [0.25, 0.3) is 11.4 Å². The van der Waals surface area contributed by atoms with Crippen LogP contribution in [0, 0.1) is 11.7 Å².